The molecule has 0 rings (SSSR count). The fourth-order valence-electron chi connectivity index (χ4n) is 0.200. The highest BCUT2D eigenvalue weighted by Gasteiger charge is 1.94. The van der Waals surface area contributed by atoms with Gasteiger partial charge in [-0.05, 0) is 0 Å². The average Bonchev–Trinajstić information content (AvgIpc) is 1.61. The third kappa shape index (κ3) is 5.00. The maximum atomic E-state index is 10.0. The van der Waals surface area contributed by atoms with Gasteiger partial charge < -0.3 is 15.2 Å². The van der Waals surface area contributed by atoms with Gasteiger partial charge >= 0.3 is 6.09 Å². The summed E-state index contributed by atoms with van der Waals surface area (Å²) < 4.78 is 0. The van der Waals surface area contributed by atoms with Gasteiger partial charge in [0.1, 0.15) is 5.68 Å². The number of amides is 1. The number of hydrogen-bond acceptors (Lipinski definition) is 2. The zero-order valence-electron chi connectivity index (χ0n) is 4.47. The van der Waals surface area contributed by atoms with Crippen LogP contribution in [-0.4, -0.2) is 31.3 Å². The first kappa shape index (κ1) is 7.00. The van der Waals surface area contributed by atoms with Crippen molar-refractivity contribution < 1.29 is 14.7 Å². The number of rotatable bonds is 2. The van der Waals surface area contributed by atoms with Gasteiger partial charge in [-0.25, -0.2) is 4.79 Å². The van der Waals surface area contributed by atoms with Crippen molar-refractivity contribution in [2.75, 3.05) is 6.54 Å². The fourth-order valence-corrected chi connectivity index (χ4v) is 0.200. The average molecular weight is 115 g/mol. The predicted molar refractivity (Wildman–Crippen MR) is 29.6 cm³/mol. The number of nitrogens with one attached hydrogen (secondary N) is 1. The molecule has 0 aliphatic rings. The summed E-state index contributed by atoms with van der Waals surface area (Å²) in [6.45, 7) is -0.102. The maximum absolute atomic E-state index is 10.0. The largest absolute Gasteiger partial charge is 0.465 e. The molecule has 5 heteroatoms. The molecule has 0 fully saturated rings. The van der Waals surface area contributed by atoms with Crippen molar-refractivity contribution >= 4 is 19.6 Å². The first-order valence-electron chi connectivity index (χ1n) is 2.09. The van der Waals surface area contributed by atoms with Gasteiger partial charge in [0.25, 0.3) is 0 Å². The Kier molecular flexibility index (Phi) is 2.68. The normalized spacial score (nSPS) is 8.00. The summed E-state index contributed by atoms with van der Waals surface area (Å²) in [6.07, 6.45) is -1.17. The van der Waals surface area contributed by atoms with Crippen LogP contribution in [0.1, 0.15) is 0 Å². The summed E-state index contributed by atoms with van der Waals surface area (Å²) in [4.78, 5) is 19.7. The lowest BCUT2D eigenvalue weighted by Crippen LogP contribution is -2.27. The molecule has 1 amide bonds. The Morgan fingerprint density at radius 3 is 2.25 bits per heavy atom. The van der Waals surface area contributed by atoms with Gasteiger partial charge in [-0.1, -0.05) is 0 Å². The van der Waals surface area contributed by atoms with Gasteiger partial charge in [-0.3, -0.25) is 0 Å². The van der Waals surface area contributed by atoms with E-state index in [-0.39, 0.29) is 12.2 Å². The van der Waals surface area contributed by atoms with E-state index in [1.807, 2.05) is 5.32 Å². The summed E-state index contributed by atoms with van der Waals surface area (Å²) in [7, 11) is 1.32. The molecule has 0 atom stereocenters. The van der Waals surface area contributed by atoms with Crippen molar-refractivity contribution in [2.24, 2.45) is 0 Å². The van der Waals surface area contributed by atoms with Crippen molar-refractivity contribution in [1.29, 1.82) is 0 Å². The van der Waals surface area contributed by atoms with E-state index < -0.39 is 6.09 Å². The van der Waals surface area contributed by atoms with Gasteiger partial charge in [0.15, 0.2) is 7.85 Å². The van der Waals surface area contributed by atoms with Gasteiger partial charge in [-0.15, -0.1) is 0 Å². The lowest BCUT2D eigenvalue weighted by atomic mass is 10.0. The summed E-state index contributed by atoms with van der Waals surface area (Å²) in [6, 6.07) is 0. The molecule has 0 saturated carbocycles. The smallest absolute Gasteiger partial charge is 0.404 e. The van der Waals surface area contributed by atoms with E-state index in [0.717, 1.165) is 0 Å². The Hall–Kier alpha value is -0.995. The van der Waals surface area contributed by atoms with Crippen LogP contribution in [0.4, 0.5) is 4.79 Å². The number of hydrogen-bond donors (Lipinski definition) is 2. The highest BCUT2D eigenvalue weighted by Crippen LogP contribution is 1.59. The second-order valence-electron chi connectivity index (χ2n) is 1.36. The molecule has 0 heterocycles. The van der Waals surface area contributed by atoms with Gasteiger partial charge in [0, 0.05) is 0 Å². The van der Waals surface area contributed by atoms with Crippen molar-refractivity contribution in [3.63, 3.8) is 0 Å². The van der Waals surface area contributed by atoms with E-state index in [4.69, 9.17) is 5.11 Å². The Bertz CT molecular complexity index is 99.1. The van der Waals surface area contributed by atoms with Crippen LogP contribution in [0.5, 0.6) is 0 Å². The lowest BCUT2D eigenvalue weighted by molar-refractivity contribution is -0.110. The molecule has 0 aromatic rings. The second-order valence-corrected chi connectivity index (χ2v) is 1.36. The molecule has 0 aromatic heterocycles. The lowest BCUT2D eigenvalue weighted by Gasteiger charge is -1.92. The highest BCUT2D eigenvalue weighted by atomic mass is 16.4. The maximum Gasteiger partial charge on any atom is 0.404 e. The number of carbonyl (C=O) groups is 2. The van der Waals surface area contributed by atoms with Crippen LogP contribution in [0.3, 0.4) is 0 Å². The van der Waals surface area contributed by atoms with Gasteiger partial charge in [0.2, 0.25) is 0 Å². The molecular weight excluding hydrogens is 109 g/mol. The van der Waals surface area contributed by atoms with Gasteiger partial charge in [-0.2, -0.15) is 0 Å². The Labute approximate surface area is 47.3 Å². The molecule has 0 spiro atoms. The molecule has 0 aromatic carbocycles. The monoisotopic (exact) mass is 115 g/mol. The Morgan fingerprint density at radius 2 is 2.12 bits per heavy atom. The van der Waals surface area contributed by atoms with Crippen LogP contribution in [0, 0.1) is 0 Å². The van der Waals surface area contributed by atoms with Crippen LogP contribution >= 0.6 is 0 Å². The standard InChI is InChI=1S/C3H6BNO3/c4-2(6)1-5-3(7)8/h5H,1,4H2,(H,7,8). The van der Waals surface area contributed by atoms with E-state index in [1.54, 1.807) is 0 Å². The Morgan fingerprint density at radius 1 is 1.62 bits per heavy atom. The summed E-state index contributed by atoms with van der Waals surface area (Å²) >= 11 is 0. The van der Waals surface area contributed by atoms with Crippen LogP contribution < -0.4 is 5.32 Å². The number of carbonyl (C=O) groups excluding carboxylic acids is 1. The molecule has 2 N–H and O–H groups in total. The minimum atomic E-state index is -1.17. The van der Waals surface area contributed by atoms with E-state index >= 15 is 0 Å². The summed E-state index contributed by atoms with van der Waals surface area (Å²) in [5, 5.41) is 9.81. The third-order valence-electron chi connectivity index (χ3n) is 0.489. The van der Waals surface area contributed by atoms with Gasteiger partial charge in [0.05, 0.1) is 6.54 Å². The number of carboxylic acid groups (broad SMARTS) is 1. The topological polar surface area (TPSA) is 66.4 Å². The van der Waals surface area contributed by atoms with E-state index in [9.17, 15) is 9.59 Å². The third-order valence-corrected chi connectivity index (χ3v) is 0.489. The molecule has 0 aliphatic carbocycles. The minimum Gasteiger partial charge on any atom is -0.465 e. The SMILES string of the molecule is BC(=O)CNC(=O)O. The second kappa shape index (κ2) is 3.07. The fraction of sp³-hybridized carbons (Fsp3) is 0.333. The highest BCUT2D eigenvalue weighted by molar-refractivity contribution is 6.58. The minimum absolute atomic E-state index is 0.102. The van der Waals surface area contributed by atoms with Crippen LogP contribution in [0.2, 0.25) is 0 Å². The molecular formula is C3H6BNO3. The molecule has 4 nitrogen and oxygen atoms in total. The van der Waals surface area contributed by atoms with Crippen molar-refractivity contribution in [1.82, 2.24) is 5.32 Å². The van der Waals surface area contributed by atoms with Crippen LogP contribution in [0.25, 0.3) is 0 Å². The molecule has 0 unspecified atom stereocenters. The zero-order chi connectivity index (χ0) is 6.57. The molecule has 0 aliphatic heterocycles. The van der Waals surface area contributed by atoms with E-state index in [0.29, 0.717) is 0 Å². The van der Waals surface area contributed by atoms with Crippen LogP contribution in [-0.2, 0) is 4.79 Å². The van der Waals surface area contributed by atoms with Crippen molar-refractivity contribution in [3.05, 3.63) is 0 Å². The van der Waals surface area contributed by atoms with E-state index in [1.165, 1.54) is 7.85 Å². The van der Waals surface area contributed by atoms with Crippen LogP contribution in [0.15, 0.2) is 0 Å². The molecule has 44 valence electrons. The zero-order valence-corrected chi connectivity index (χ0v) is 4.47. The molecule has 8 heavy (non-hydrogen) atoms. The first-order valence-corrected chi connectivity index (χ1v) is 2.09. The first-order chi connectivity index (χ1) is 3.63. The summed E-state index contributed by atoms with van der Waals surface area (Å²) in [5.74, 6) is 0. The predicted octanol–water partition coefficient (Wildman–Crippen LogP) is -1.59. The van der Waals surface area contributed by atoms with Crippen molar-refractivity contribution in [3.8, 4) is 0 Å². The van der Waals surface area contributed by atoms with E-state index in [2.05, 4.69) is 0 Å². The molecule has 0 radical (unpaired) electrons. The van der Waals surface area contributed by atoms with Crippen molar-refractivity contribution in [2.45, 2.75) is 0 Å². The molecule has 0 saturated heterocycles. The Balaban J connectivity index is 3.18. The molecule has 0 bridgehead atoms. The summed E-state index contributed by atoms with van der Waals surface area (Å²) in [5.41, 5.74) is -0.188. The quantitative estimate of drug-likeness (QED) is 0.426.